The number of aryl methyl sites for hydroxylation is 1. The molecule has 1 heterocycles. The van der Waals surface area contributed by atoms with Gasteiger partial charge in [-0.2, -0.15) is 0 Å². The summed E-state index contributed by atoms with van der Waals surface area (Å²) in [4.78, 5) is 12.0. The highest BCUT2D eigenvalue weighted by Crippen LogP contribution is 2.16. The maximum Gasteiger partial charge on any atom is 0.335 e. The molecule has 0 radical (unpaired) electrons. The monoisotopic (exact) mass is 279 g/mol. The highest BCUT2D eigenvalue weighted by atomic mass is 32.1. The molecule has 0 spiro atoms. The number of carboxylic acid groups (broad SMARTS) is 1. The molecule has 0 atom stereocenters. The van der Waals surface area contributed by atoms with Gasteiger partial charge in [0.15, 0.2) is 0 Å². The van der Waals surface area contributed by atoms with Gasteiger partial charge in [0.1, 0.15) is 5.82 Å². The van der Waals surface area contributed by atoms with Crippen molar-refractivity contribution in [1.82, 2.24) is 5.32 Å². The largest absolute Gasteiger partial charge is 0.478 e. The van der Waals surface area contributed by atoms with E-state index in [1.54, 1.807) is 11.3 Å². The van der Waals surface area contributed by atoms with Crippen LogP contribution in [0.15, 0.2) is 29.6 Å². The van der Waals surface area contributed by atoms with Crippen molar-refractivity contribution in [2.45, 2.75) is 20.0 Å². The first-order valence-corrected chi connectivity index (χ1v) is 6.71. The zero-order valence-corrected chi connectivity index (χ0v) is 11.3. The number of carboxylic acids is 1. The highest BCUT2D eigenvalue weighted by Gasteiger charge is 2.08. The summed E-state index contributed by atoms with van der Waals surface area (Å²) >= 11 is 1.65. The van der Waals surface area contributed by atoms with E-state index in [9.17, 15) is 9.18 Å². The predicted molar refractivity (Wildman–Crippen MR) is 73.0 cm³/mol. The number of benzene rings is 1. The number of nitrogens with one attached hydrogen (secondary N) is 1. The van der Waals surface area contributed by atoms with Crippen LogP contribution in [0, 0.1) is 12.7 Å². The third-order valence-corrected chi connectivity index (χ3v) is 3.88. The topological polar surface area (TPSA) is 49.3 Å². The van der Waals surface area contributed by atoms with E-state index in [4.69, 9.17) is 5.11 Å². The van der Waals surface area contributed by atoms with Crippen molar-refractivity contribution >= 4 is 17.3 Å². The molecule has 0 amide bonds. The van der Waals surface area contributed by atoms with Gasteiger partial charge in [-0.3, -0.25) is 0 Å². The molecule has 0 saturated heterocycles. The molecule has 0 aliphatic rings. The molecule has 0 fully saturated rings. The van der Waals surface area contributed by atoms with Gasteiger partial charge in [-0.15, -0.1) is 11.3 Å². The summed E-state index contributed by atoms with van der Waals surface area (Å²) in [6, 6.07) is 5.86. The van der Waals surface area contributed by atoms with Crippen LogP contribution in [-0.2, 0) is 13.1 Å². The Morgan fingerprint density at radius 2 is 2.16 bits per heavy atom. The maximum atomic E-state index is 13.5. The van der Waals surface area contributed by atoms with Gasteiger partial charge in [-0.1, -0.05) is 0 Å². The minimum absolute atomic E-state index is 0.102. The summed E-state index contributed by atoms with van der Waals surface area (Å²) in [5.41, 5.74) is 1.68. The third-order valence-electron chi connectivity index (χ3n) is 2.86. The van der Waals surface area contributed by atoms with Crippen LogP contribution in [0.4, 0.5) is 4.39 Å². The van der Waals surface area contributed by atoms with E-state index >= 15 is 0 Å². The van der Waals surface area contributed by atoms with Crippen molar-refractivity contribution in [3.8, 4) is 0 Å². The van der Waals surface area contributed by atoms with Crippen LogP contribution in [0.25, 0.3) is 0 Å². The molecule has 0 aliphatic carbocycles. The quantitative estimate of drug-likeness (QED) is 0.883. The summed E-state index contributed by atoms with van der Waals surface area (Å²) in [6.45, 7) is 2.99. The Kier molecular flexibility index (Phi) is 4.29. The fourth-order valence-electron chi connectivity index (χ4n) is 1.74. The molecule has 1 aromatic carbocycles. The molecule has 2 aromatic rings. The van der Waals surface area contributed by atoms with E-state index < -0.39 is 5.97 Å². The first-order chi connectivity index (χ1) is 9.08. The average molecular weight is 279 g/mol. The van der Waals surface area contributed by atoms with E-state index in [0.29, 0.717) is 18.7 Å². The predicted octanol–water partition coefficient (Wildman–Crippen LogP) is 3.18. The summed E-state index contributed by atoms with van der Waals surface area (Å²) in [7, 11) is 0. The minimum Gasteiger partial charge on any atom is -0.478 e. The highest BCUT2D eigenvalue weighted by molar-refractivity contribution is 7.10. The molecule has 3 nitrogen and oxygen atoms in total. The van der Waals surface area contributed by atoms with Gasteiger partial charge in [0.05, 0.1) is 5.56 Å². The smallest absolute Gasteiger partial charge is 0.335 e. The molecular weight excluding hydrogens is 265 g/mol. The van der Waals surface area contributed by atoms with E-state index in [2.05, 4.69) is 5.32 Å². The summed E-state index contributed by atoms with van der Waals surface area (Å²) in [5, 5.41) is 14.0. The first kappa shape index (κ1) is 13.7. The number of carbonyl (C=O) groups is 1. The molecule has 0 unspecified atom stereocenters. The standard InChI is InChI=1S/C14H14FNO2S/c1-9-4-5-19-13(9)8-16-7-11-6-10(14(17)18)2-3-12(11)15/h2-6,16H,7-8H2,1H3,(H,17,18). The fraction of sp³-hybridized carbons (Fsp3) is 0.214. The Bertz CT molecular complexity index is 595. The van der Waals surface area contributed by atoms with Crippen molar-refractivity contribution in [1.29, 1.82) is 0 Å². The van der Waals surface area contributed by atoms with Crippen molar-refractivity contribution in [2.75, 3.05) is 0 Å². The van der Waals surface area contributed by atoms with E-state index in [1.807, 2.05) is 18.4 Å². The number of hydrogen-bond acceptors (Lipinski definition) is 3. The summed E-state index contributed by atoms with van der Waals surface area (Å²) in [6.07, 6.45) is 0. The Balaban J connectivity index is 2.01. The van der Waals surface area contributed by atoms with Gasteiger partial charge in [-0.05, 0) is 42.1 Å². The van der Waals surface area contributed by atoms with Crippen LogP contribution in [-0.4, -0.2) is 11.1 Å². The molecule has 0 aliphatic heterocycles. The van der Waals surface area contributed by atoms with Gasteiger partial charge >= 0.3 is 5.97 Å². The Hall–Kier alpha value is -1.72. The van der Waals surface area contributed by atoms with Crippen molar-refractivity contribution in [3.05, 3.63) is 57.0 Å². The van der Waals surface area contributed by atoms with Crippen LogP contribution in [0.5, 0.6) is 0 Å². The van der Waals surface area contributed by atoms with Crippen molar-refractivity contribution in [2.24, 2.45) is 0 Å². The number of halogens is 1. The van der Waals surface area contributed by atoms with Crippen molar-refractivity contribution in [3.63, 3.8) is 0 Å². The van der Waals surface area contributed by atoms with Crippen molar-refractivity contribution < 1.29 is 14.3 Å². The molecule has 0 saturated carbocycles. The van der Waals surface area contributed by atoms with Crippen LogP contribution >= 0.6 is 11.3 Å². The zero-order chi connectivity index (χ0) is 13.8. The molecule has 5 heteroatoms. The SMILES string of the molecule is Cc1ccsc1CNCc1cc(C(=O)O)ccc1F. The third kappa shape index (κ3) is 3.39. The zero-order valence-electron chi connectivity index (χ0n) is 10.4. The Labute approximate surface area is 114 Å². The second kappa shape index (κ2) is 5.95. The van der Waals surface area contributed by atoms with E-state index in [-0.39, 0.29) is 11.4 Å². The van der Waals surface area contributed by atoms with Gasteiger partial charge in [0.25, 0.3) is 0 Å². The molecule has 19 heavy (non-hydrogen) atoms. The van der Waals surface area contributed by atoms with E-state index in [1.165, 1.54) is 28.6 Å². The number of aromatic carboxylic acids is 1. The fourth-order valence-corrected chi connectivity index (χ4v) is 2.61. The minimum atomic E-state index is -1.05. The molecular formula is C14H14FNO2S. The van der Waals surface area contributed by atoms with Gasteiger partial charge in [0.2, 0.25) is 0 Å². The number of hydrogen-bond donors (Lipinski definition) is 2. The summed E-state index contributed by atoms with van der Waals surface area (Å²) in [5.74, 6) is -1.43. The Morgan fingerprint density at radius 3 is 2.79 bits per heavy atom. The molecule has 0 bridgehead atoms. The normalized spacial score (nSPS) is 10.6. The number of rotatable bonds is 5. The average Bonchev–Trinajstić information content (AvgIpc) is 2.77. The lowest BCUT2D eigenvalue weighted by Crippen LogP contribution is -2.14. The lowest BCUT2D eigenvalue weighted by atomic mass is 10.1. The van der Waals surface area contributed by atoms with Crippen LogP contribution in [0.1, 0.15) is 26.4 Å². The molecule has 1 aromatic heterocycles. The lowest BCUT2D eigenvalue weighted by Gasteiger charge is -2.07. The maximum absolute atomic E-state index is 13.5. The van der Waals surface area contributed by atoms with Crippen LogP contribution < -0.4 is 5.32 Å². The Morgan fingerprint density at radius 1 is 1.37 bits per heavy atom. The first-order valence-electron chi connectivity index (χ1n) is 5.83. The second-order valence-electron chi connectivity index (χ2n) is 4.24. The summed E-state index contributed by atoms with van der Waals surface area (Å²) < 4.78 is 13.5. The number of thiophene rings is 1. The second-order valence-corrected chi connectivity index (χ2v) is 5.24. The van der Waals surface area contributed by atoms with Gasteiger partial charge < -0.3 is 10.4 Å². The van der Waals surface area contributed by atoms with Gasteiger partial charge in [0, 0.05) is 23.5 Å². The van der Waals surface area contributed by atoms with Crippen LogP contribution in [0.2, 0.25) is 0 Å². The van der Waals surface area contributed by atoms with E-state index in [0.717, 1.165) is 0 Å². The molecule has 2 N–H and O–H groups in total. The van der Waals surface area contributed by atoms with Crippen LogP contribution in [0.3, 0.4) is 0 Å². The molecule has 2 rings (SSSR count). The lowest BCUT2D eigenvalue weighted by molar-refractivity contribution is 0.0696. The molecule has 100 valence electrons. The van der Waals surface area contributed by atoms with Gasteiger partial charge in [-0.25, -0.2) is 9.18 Å².